The predicted molar refractivity (Wildman–Crippen MR) is 82.9 cm³/mol. The molecule has 0 spiro atoms. The van der Waals surface area contributed by atoms with Crippen molar-refractivity contribution in [1.82, 2.24) is 16.0 Å². The summed E-state index contributed by atoms with van der Waals surface area (Å²) in [5.74, 6) is -4.18. The number of aliphatic carboxylic acids is 1. The number of nitrogens with two attached hydrogens (primary N) is 1. The van der Waals surface area contributed by atoms with Crippen LogP contribution in [0.3, 0.4) is 0 Å². The van der Waals surface area contributed by atoms with Crippen molar-refractivity contribution >= 4 is 23.7 Å². The van der Waals surface area contributed by atoms with Crippen LogP contribution in [0.2, 0.25) is 0 Å². The largest absolute Gasteiger partial charge is 0.480 e. The zero-order valence-corrected chi connectivity index (χ0v) is 13.8. The fourth-order valence-electron chi connectivity index (χ4n) is 1.64. The number of carbonyl (C=O) groups is 4. The average molecular weight is 364 g/mol. The van der Waals surface area contributed by atoms with Crippen LogP contribution in [0, 0.1) is 0 Å². The Hall–Kier alpha value is -2.28. The first-order valence-electron chi connectivity index (χ1n) is 7.34. The zero-order valence-electron chi connectivity index (χ0n) is 13.8. The van der Waals surface area contributed by atoms with Gasteiger partial charge >= 0.3 is 5.97 Å². The molecule has 0 aromatic heterocycles. The standard InChI is InChI=1S/C13H24N4O8/c1-5(19)9(12(23)17-10(6(2)20)13(24)25)16-8(21)3-15-11(22)7(14)4-18/h5-7,9-10,18-20H,3-4,14H2,1-2H3,(H,15,22)(H,16,21)(H,17,23)(H,24,25). The highest BCUT2D eigenvalue weighted by Crippen LogP contribution is 1.98. The molecule has 9 N–H and O–H groups in total. The maximum Gasteiger partial charge on any atom is 0.328 e. The second-order valence-corrected chi connectivity index (χ2v) is 5.36. The number of carboxylic acids is 1. The van der Waals surface area contributed by atoms with Gasteiger partial charge in [0.2, 0.25) is 17.7 Å². The number of carbonyl (C=O) groups excluding carboxylic acids is 3. The molecule has 3 amide bonds. The molecule has 0 saturated heterocycles. The quantitative estimate of drug-likeness (QED) is 0.187. The number of carboxylic acid groups (broad SMARTS) is 1. The van der Waals surface area contributed by atoms with Crippen molar-refractivity contribution in [3.05, 3.63) is 0 Å². The van der Waals surface area contributed by atoms with Crippen molar-refractivity contribution < 1.29 is 39.6 Å². The zero-order chi connectivity index (χ0) is 19.7. The molecule has 25 heavy (non-hydrogen) atoms. The van der Waals surface area contributed by atoms with Crippen LogP contribution < -0.4 is 21.7 Å². The van der Waals surface area contributed by atoms with E-state index in [1.807, 2.05) is 5.32 Å². The summed E-state index contributed by atoms with van der Waals surface area (Å²) >= 11 is 0. The summed E-state index contributed by atoms with van der Waals surface area (Å²) in [5, 5.41) is 42.8. The number of nitrogens with one attached hydrogen (secondary N) is 3. The van der Waals surface area contributed by atoms with E-state index in [-0.39, 0.29) is 0 Å². The summed E-state index contributed by atoms with van der Waals surface area (Å²) in [7, 11) is 0. The normalized spacial score (nSPS) is 16.7. The van der Waals surface area contributed by atoms with Gasteiger partial charge < -0.3 is 42.1 Å². The summed E-state index contributed by atoms with van der Waals surface area (Å²) in [6, 6.07) is -4.37. The third-order valence-electron chi connectivity index (χ3n) is 3.08. The molecular formula is C13H24N4O8. The SMILES string of the molecule is CC(O)C(NC(=O)C(NC(=O)CNC(=O)C(N)CO)C(C)O)C(=O)O. The molecule has 0 aromatic carbocycles. The van der Waals surface area contributed by atoms with Gasteiger partial charge in [-0.15, -0.1) is 0 Å². The van der Waals surface area contributed by atoms with Crippen molar-refractivity contribution in [3.63, 3.8) is 0 Å². The molecule has 0 aliphatic heterocycles. The van der Waals surface area contributed by atoms with Gasteiger partial charge in [0, 0.05) is 0 Å². The van der Waals surface area contributed by atoms with E-state index in [0.29, 0.717) is 0 Å². The Bertz CT molecular complexity index is 496. The minimum absolute atomic E-state index is 0.582. The fourth-order valence-corrected chi connectivity index (χ4v) is 1.64. The lowest BCUT2D eigenvalue weighted by Gasteiger charge is -2.24. The van der Waals surface area contributed by atoms with Gasteiger partial charge in [0.15, 0.2) is 6.04 Å². The molecule has 144 valence electrons. The van der Waals surface area contributed by atoms with Crippen LogP contribution in [0.25, 0.3) is 0 Å². The lowest BCUT2D eigenvalue weighted by molar-refractivity contribution is -0.145. The van der Waals surface area contributed by atoms with Gasteiger partial charge in [-0.05, 0) is 13.8 Å². The van der Waals surface area contributed by atoms with E-state index in [1.165, 1.54) is 6.92 Å². The molecule has 0 aromatic rings. The molecule has 0 rings (SSSR count). The third-order valence-corrected chi connectivity index (χ3v) is 3.08. The second-order valence-electron chi connectivity index (χ2n) is 5.36. The maximum atomic E-state index is 12.0. The third kappa shape index (κ3) is 7.89. The number of rotatable bonds is 10. The number of hydrogen-bond donors (Lipinski definition) is 8. The Labute approximate surface area is 143 Å². The topological polar surface area (TPSA) is 211 Å². The van der Waals surface area contributed by atoms with E-state index < -0.39 is 67.2 Å². The monoisotopic (exact) mass is 364 g/mol. The second kappa shape index (κ2) is 10.6. The Morgan fingerprint density at radius 1 is 0.960 bits per heavy atom. The van der Waals surface area contributed by atoms with Crippen molar-refractivity contribution in [3.8, 4) is 0 Å². The molecule has 0 fully saturated rings. The van der Waals surface area contributed by atoms with E-state index in [1.54, 1.807) is 0 Å². The summed E-state index contributed by atoms with van der Waals surface area (Å²) < 4.78 is 0. The number of aliphatic hydroxyl groups excluding tert-OH is 3. The Kier molecular flexibility index (Phi) is 9.59. The molecular weight excluding hydrogens is 340 g/mol. The van der Waals surface area contributed by atoms with Gasteiger partial charge in [-0.25, -0.2) is 4.79 Å². The van der Waals surface area contributed by atoms with Crippen molar-refractivity contribution in [2.45, 2.75) is 44.2 Å². The van der Waals surface area contributed by atoms with Crippen LogP contribution in [0.5, 0.6) is 0 Å². The lowest BCUT2D eigenvalue weighted by atomic mass is 10.1. The van der Waals surface area contributed by atoms with E-state index in [9.17, 15) is 29.4 Å². The Balaban J connectivity index is 4.79. The number of hydrogen-bond acceptors (Lipinski definition) is 8. The van der Waals surface area contributed by atoms with E-state index >= 15 is 0 Å². The van der Waals surface area contributed by atoms with Crippen LogP contribution in [0.4, 0.5) is 0 Å². The Morgan fingerprint density at radius 3 is 1.88 bits per heavy atom. The van der Waals surface area contributed by atoms with Crippen LogP contribution in [0.1, 0.15) is 13.8 Å². The van der Waals surface area contributed by atoms with E-state index in [0.717, 1.165) is 6.92 Å². The van der Waals surface area contributed by atoms with Crippen LogP contribution in [0.15, 0.2) is 0 Å². The van der Waals surface area contributed by atoms with Gasteiger partial charge in [0.25, 0.3) is 0 Å². The van der Waals surface area contributed by atoms with Gasteiger partial charge in [-0.2, -0.15) is 0 Å². The van der Waals surface area contributed by atoms with Crippen LogP contribution in [-0.4, -0.2) is 87.6 Å². The first-order chi connectivity index (χ1) is 11.5. The minimum atomic E-state index is -1.63. The molecule has 12 heteroatoms. The molecule has 0 aliphatic carbocycles. The van der Waals surface area contributed by atoms with Crippen molar-refractivity contribution in [2.75, 3.05) is 13.2 Å². The number of aliphatic hydroxyl groups is 3. The maximum absolute atomic E-state index is 12.0. The first kappa shape index (κ1) is 22.7. The molecule has 5 unspecified atom stereocenters. The van der Waals surface area contributed by atoms with E-state index in [4.69, 9.17) is 15.9 Å². The Morgan fingerprint density at radius 2 is 1.48 bits per heavy atom. The molecule has 5 atom stereocenters. The predicted octanol–water partition coefficient (Wildman–Crippen LogP) is -4.76. The van der Waals surface area contributed by atoms with Crippen molar-refractivity contribution in [2.24, 2.45) is 5.73 Å². The highest BCUT2D eigenvalue weighted by molar-refractivity contribution is 5.92. The van der Waals surface area contributed by atoms with Gasteiger partial charge in [0.1, 0.15) is 12.1 Å². The first-order valence-corrected chi connectivity index (χ1v) is 7.34. The molecule has 0 bridgehead atoms. The van der Waals surface area contributed by atoms with Crippen molar-refractivity contribution in [1.29, 1.82) is 0 Å². The summed E-state index contributed by atoms with van der Waals surface area (Å²) in [5.41, 5.74) is 5.23. The van der Waals surface area contributed by atoms with Gasteiger partial charge in [0.05, 0.1) is 25.4 Å². The average Bonchev–Trinajstić information content (AvgIpc) is 2.53. The smallest absolute Gasteiger partial charge is 0.328 e. The highest BCUT2D eigenvalue weighted by atomic mass is 16.4. The van der Waals surface area contributed by atoms with Crippen LogP contribution in [-0.2, 0) is 19.2 Å². The molecule has 0 aliphatic rings. The minimum Gasteiger partial charge on any atom is -0.480 e. The van der Waals surface area contributed by atoms with Crippen LogP contribution >= 0.6 is 0 Å². The van der Waals surface area contributed by atoms with E-state index in [2.05, 4.69) is 10.6 Å². The lowest BCUT2D eigenvalue weighted by Crippen LogP contribution is -2.59. The van der Waals surface area contributed by atoms with Gasteiger partial charge in [-0.3, -0.25) is 14.4 Å². The molecule has 0 heterocycles. The summed E-state index contributed by atoms with van der Waals surface area (Å²) in [6.45, 7) is 1.13. The fraction of sp³-hybridized carbons (Fsp3) is 0.692. The highest BCUT2D eigenvalue weighted by Gasteiger charge is 2.31. The summed E-state index contributed by atoms with van der Waals surface area (Å²) in [4.78, 5) is 46.1. The van der Waals surface area contributed by atoms with Gasteiger partial charge in [-0.1, -0.05) is 0 Å². The molecule has 12 nitrogen and oxygen atoms in total. The summed E-state index contributed by atoms with van der Waals surface area (Å²) in [6.07, 6.45) is -2.80. The number of amides is 3. The molecule has 0 radical (unpaired) electrons. The molecule has 0 saturated carbocycles.